The maximum absolute atomic E-state index is 10.5. The van der Waals surface area contributed by atoms with Gasteiger partial charge in [0.1, 0.15) is 12.4 Å². The molecule has 0 aliphatic carbocycles. The van der Waals surface area contributed by atoms with Crippen molar-refractivity contribution in [1.82, 2.24) is 0 Å². The molecule has 0 bridgehead atoms. The van der Waals surface area contributed by atoms with Crippen molar-refractivity contribution in [1.29, 1.82) is 0 Å². The van der Waals surface area contributed by atoms with Gasteiger partial charge >= 0.3 is 0 Å². The van der Waals surface area contributed by atoms with Crippen molar-refractivity contribution >= 4 is 22.7 Å². The van der Waals surface area contributed by atoms with Crippen molar-refractivity contribution in [2.45, 2.75) is 38.7 Å². The molecule has 0 aromatic heterocycles. The second-order valence-corrected chi connectivity index (χ2v) is 8.15. The van der Waals surface area contributed by atoms with Crippen LogP contribution in [0.5, 0.6) is 5.75 Å². The summed E-state index contributed by atoms with van der Waals surface area (Å²) in [6, 6.07) is 29.0. The average molecular weight is 435 g/mol. The fourth-order valence-corrected chi connectivity index (χ4v) is 3.85. The molecule has 0 atom stereocenters. The molecule has 3 heteroatoms. The molecule has 1 N–H and O–H groups in total. The van der Waals surface area contributed by atoms with E-state index in [0.717, 1.165) is 23.3 Å². The monoisotopic (exact) mass is 434 g/mol. The van der Waals surface area contributed by atoms with E-state index in [2.05, 4.69) is 60.7 Å². The van der Waals surface area contributed by atoms with E-state index < -0.39 is 5.60 Å². The van der Waals surface area contributed by atoms with Crippen LogP contribution in [-0.4, -0.2) is 23.2 Å². The zero-order valence-corrected chi connectivity index (χ0v) is 19.1. The fourth-order valence-electron chi connectivity index (χ4n) is 3.66. The Kier molecular flexibility index (Phi) is 8.34. The second-order valence-electron chi connectivity index (χ2n) is 7.77. The molecule has 3 aromatic carbocycles. The highest BCUT2D eigenvalue weighted by atomic mass is 35.5. The zero-order chi connectivity index (χ0) is 22.1. The van der Waals surface area contributed by atoms with Crippen LogP contribution < -0.4 is 4.74 Å². The zero-order valence-electron chi connectivity index (χ0n) is 18.4. The van der Waals surface area contributed by atoms with Crippen LogP contribution >= 0.6 is 11.6 Å². The van der Waals surface area contributed by atoms with E-state index in [1.54, 1.807) is 0 Å². The van der Waals surface area contributed by atoms with Crippen LogP contribution in [0.3, 0.4) is 0 Å². The Labute approximate surface area is 191 Å². The van der Waals surface area contributed by atoms with Gasteiger partial charge in [0, 0.05) is 5.88 Å². The second kappa shape index (κ2) is 11.2. The van der Waals surface area contributed by atoms with Crippen molar-refractivity contribution in [3.63, 3.8) is 0 Å². The SMILES string of the molecule is CCC(O)(CC)COc1ccc(/C(=C(\CCCl)c2ccccc2)c2ccccc2)cc1. The van der Waals surface area contributed by atoms with Crippen molar-refractivity contribution in [3.05, 3.63) is 102 Å². The summed E-state index contributed by atoms with van der Waals surface area (Å²) >= 11 is 6.22. The molecule has 3 aromatic rings. The lowest BCUT2D eigenvalue weighted by molar-refractivity contribution is -0.0113. The Morgan fingerprint density at radius 3 is 1.81 bits per heavy atom. The smallest absolute Gasteiger partial charge is 0.119 e. The third-order valence-electron chi connectivity index (χ3n) is 5.80. The topological polar surface area (TPSA) is 29.5 Å². The van der Waals surface area contributed by atoms with Gasteiger partial charge in [-0.25, -0.2) is 0 Å². The lowest BCUT2D eigenvalue weighted by Crippen LogP contribution is -2.34. The van der Waals surface area contributed by atoms with E-state index in [1.807, 2.05) is 38.1 Å². The van der Waals surface area contributed by atoms with Gasteiger partial charge in [0.15, 0.2) is 0 Å². The third kappa shape index (κ3) is 6.00. The number of rotatable bonds is 10. The van der Waals surface area contributed by atoms with Gasteiger partial charge in [-0.1, -0.05) is 86.6 Å². The van der Waals surface area contributed by atoms with Crippen LogP contribution in [0.25, 0.3) is 11.1 Å². The molecule has 0 fully saturated rings. The predicted molar refractivity (Wildman–Crippen MR) is 132 cm³/mol. The summed E-state index contributed by atoms with van der Waals surface area (Å²) in [6.07, 6.45) is 2.11. The molecule has 0 unspecified atom stereocenters. The van der Waals surface area contributed by atoms with E-state index in [-0.39, 0.29) is 0 Å². The lowest BCUT2D eigenvalue weighted by Gasteiger charge is -2.25. The molecule has 3 rings (SSSR count). The molecule has 162 valence electrons. The molecule has 0 aliphatic rings. The predicted octanol–water partition coefficient (Wildman–Crippen LogP) is 7.20. The lowest BCUT2D eigenvalue weighted by atomic mass is 9.88. The number of ether oxygens (including phenoxy) is 1. The molecule has 0 saturated carbocycles. The highest BCUT2D eigenvalue weighted by molar-refractivity contribution is 6.18. The van der Waals surface area contributed by atoms with Crippen molar-refractivity contribution in [3.8, 4) is 5.75 Å². The maximum Gasteiger partial charge on any atom is 0.119 e. The van der Waals surface area contributed by atoms with Crippen LogP contribution in [0.15, 0.2) is 84.9 Å². The number of alkyl halides is 1. The van der Waals surface area contributed by atoms with Gasteiger partial charge in [-0.15, -0.1) is 11.6 Å². The summed E-state index contributed by atoms with van der Waals surface area (Å²) in [5.74, 6) is 1.31. The first kappa shape index (κ1) is 23.1. The quantitative estimate of drug-likeness (QED) is 0.270. The highest BCUT2D eigenvalue weighted by Crippen LogP contribution is 2.35. The first-order valence-electron chi connectivity index (χ1n) is 11.0. The van der Waals surface area contributed by atoms with Gasteiger partial charge < -0.3 is 9.84 Å². The summed E-state index contributed by atoms with van der Waals surface area (Å²) in [7, 11) is 0. The summed E-state index contributed by atoms with van der Waals surface area (Å²) in [5.41, 5.74) is 5.07. The normalized spacial score (nSPS) is 12.4. The van der Waals surface area contributed by atoms with E-state index in [0.29, 0.717) is 25.3 Å². The fraction of sp³-hybridized carbons (Fsp3) is 0.286. The van der Waals surface area contributed by atoms with Crippen LogP contribution in [0.4, 0.5) is 0 Å². The van der Waals surface area contributed by atoms with Gasteiger partial charge in [-0.2, -0.15) is 0 Å². The molecule has 0 saturated heterocycles. The molecule has 0 amide bonds. The molecule has 0 heterocycles. The van der Waals surface area contributed by atoms with Crippen molar-refractivity contribution in [2.24, 2.45) is 0 Å². The van der Waals surface area contributed by atoms with Gasteiger partial charge in [-0.05, 0) is 59.2 Å². The number of benzene rings is 3. The first-order valence-corrected chi connectivity index (χ1v) is 11.5. The van der Waals surface area contributed by atoms with Crippen LogP contribution in [-0.2, 0) is 0 Å². The largest absolute Gasteiger partial charge is 0.491 e. The molecule has 0 aliphatic heterocycles. The number of aliphatic hydroxyl groups is 1. The summed E-state index contributed by atoms with van der Waals surface area (Å²) in [6.45, 7) is 4.26. The van der Waals surface area contributed by atoms with Gasteiger partial charge in [0.2, 0.25) is 0 Å². The summed E-state index contributed by atoms with van der Waals surface area (Å²) < 4.78 is 5.90. The third-order valence-corrected chi connectivity index (χ3v) is 5.99. The van der Waals surface area contributed by atoms with E-state index in [1.165, 1.54) is 16.7 Å². The minimum Gasteiger partial charge on any atom is -0.491 e. The Hall–Kier alpha value is -2.55. The molecule has 31 heavy (non-hydrogen) atoms. The minimum atomic E-state index is -0.783. The molecule has 2 nitrogen and oxygen atoms in total. The van der Waals surface area contributed by atoms with Crippen molar-refractivity contribution < 1.29 is 9.84 Å². The summed E-state index contributed by atoms with van der Waals surface area (Å²) in [5, 5.41) is 10.5. The standard InChI is InChI=1S/C28H31ClO2/c1-3-28(30,4-2)21-31-25-17-15-24(16-18-25)27(23-13-9-6-10-14-23)26(19-20-29)22-11-7-5-8-12-22/h5-18,30H,3-4,19-21H2,1-2H3/b27-26+. The Bertz CT molecular complexity index is 959. The number of hydrogen-bond donors (Lipinski definition) is 1. The Morgan fingerprint density at radius 1 is 0.774 bits per heavy atom. The Morgan fingerprint density at radius 2 is 1.29 bits per heavy atom. The van der Waals surface area contributed by atoms with Crippen LogP contribution in [0.1, 0.15) is 49.8 Å². The number of hydrogen-bond acceptors (Lipinski definition) is 2. The van der Waals surface area contributed by atoms with E-state index in [4.69, 9.17) is 16.3 Å². The Balaban J connectivity index is 2.01. The minimum absolute atomic E-state index is 0.294. The number of allylic oxidation sites excluding steroid dienone is 1. The summed E-state index contributed by atoms with van der Waals surface area (Å²) in [4.78, 5) is 0. The maximum atomic E-state index is 10.5. The molecular formula is C28H31ClO2. The van der Waals surface area contributed by atoms with E-state index >= 15 is 0 Å². The van der Waals surface area contributed by atoms with Gasteiger partial charge in [0.25, 0.3) is 0 Å². The van der Waals surface area contributed by atoms with Crippen LogP contribution in [0, 0.1) is 0 Å². The number of halogens is 1. The van der Waals surface area contributed by atoms with E-state index in [9.17, 15) is 5.11 Å². The highest BCUT2D eigenvalue weighted by Gasteiger charge is 2.23. The van der Waals surface area contributed by atoms with Gasteiger partial charge in [0.05, 0.1) is 5.60 Å². The molecule has 0 radical (unpaired) electrons. The molecular weight excluding hydrogens is 404 g/mol. The molecule has 0 spiro atoms. The van der Waals surface area contributed by atoms with Crippen LogP contribution in [0.2, 0.25) is 0 Å². The van der Waals surface area contributed by atoms with Gasteiger partial charge in [-0.3, -0.25) is 0 Å². The van der Waals surface area contributed by atoms with Crippen molar-refractivity contribution in [2.75, 3.05) is 12.5 Å². The first-order chi connectivity index (χ1) is 15.1. The average Bonchev–Trinajstić information content (AvgIpc) is 2.84.